The van der Waals surface area contributed by atoms with Crippen molar-refractivity contribution in [1.82, 2.24) is 21.3 Å². The lowest BCUT2D eigenvalue weighted by Gasteiger charge is -2.31. The molecule has 4 rings (SSSR count). The number of esters is 4. The molecule has 2 unspecified atom stereocenters. The van der Waals surface area contributed by atoms with Crippen molar-refractivity contribution in [2.45, 2.75) is 39.5 Å². The molecule has 0 fully saturated rings. The van der Waals surface area contributed by atoms with E-state index in [-0.39, 0.29) is 80.5 Å². The van der Waals surface area contributed by atoms with Crippen LogP contribution < -0.4 is 21.3 Å². The van der Waals surface area contributed by atoms with E-state index in [2.05, 4.69) is 21.3 Å². The third kappa shape index (κ3) is 15.7. The second-order valence-corrected chi connectivity index (χ2v) is 14.5. The van der Waals surface area contributed by atoms with Crippen LogP contribution in [0.2, 0.25) is 10.0 Å². The zero-order chi connectivity index (χ0) is 47.3. The summed E-state index contributed by atoms with van der Waals surface area (Å²) in [5.74, 6) is -5.99. The van der Waals surface area contributed by atoms with Gasteiger partial charge in [-0.05, 0) is 51.0 Å². The van der Waals surface area contributed by atoms with E-state index in [1.54, 1.807) is 76.2 Å². The van der Waals surface area contributed by atoms with Crippen LogP contribution in [0.3, 0.4) is 0 Å². The first-order valence-corrected chi connectivity index (χ1v) is 20.8. The summed E-state index contributed by atoms with van der Waals surface area (Å²) >= 11 is 12.9. The normalized spacial score (nSPS) is 15.7. The van der Waals surface area contributed by atoms with E-state index >= 15 is 0 Å². The molecule has 0 aromatic heterocycles. The van der Waals surface area contributed by atoms with Crippen LogP contribution in [-0.2, 0) is 57.2 Å². The number of carbonyl (C=O) groups excluding carboxylic acids is 4. The molecular formula is C44H56Cl2N4O15. The number of ether oxygens (including phenoxy) is 6. The van der Waals surface area contributed by atoms with Crippen LogP contribution >= 0.6 is 23.2 Å². The Hall–Kier alpha value is -5.80. The number of nitrogens with one attached hydrogen (secondary N) is 4. The topological polar surface area (TPSA) is 278 Å². The summed E-state index contributed by atoms with van der Waals surface area (Å²) in [5.41, 5.74) is 3.85. The van der Waals surface area contributed by atoms with Crippen LogP contribution in [0.1, 0.15) is 50.7 Å². The molecular weight excluding hydrogens is 895 g/mol. The Balaban J connectivity index is 0.000000440. The second kappa shape index (κ2) is 28.2. The molecule has 356 valence electrons. The van der Waals surface area contributed by atoms with Gasteiger partial charge >= 0.3 is 35.8 Å². The molecule has 2 aliphatic rings. The molecule has 2 heterocycles. The second-order valence-electron chi connectivity index (χ2n) is 13.7. The van der Waals surface area contributed by atoms with Gasteiger partial charge in [-0.25, -0.2) is 19.2 Å². The third-order valence-corrected chi connectivity index (χ3v) is 10.1. The molecule has 8 N–H and O–H groups in total. The molecule has 0 bridgehead atoms. The Morgan fingerprint density at radius 3 is 1.26 bits per heavy atom. The van der Waals surface area contributed by atoms with Crippen molar-refractivity contribution in [1.29, 1.82) is 0 Å². The van der Waals surface area contributed by atoms with Gasteiger partial charge < -0.3 is 65.4 Å². The maximum atomic E-state index is 13.0. The minimum Gasteiger partial charge on any atom is -0.480 e. The van der Waals surface area contributed by atoms with Crippen molar-refractivity contribution in [2.24, 2.45) is 0 Å². The summed E-state index contributed by atoms with van der Waals surface area (Å²) in [6.45, 7) is 7.74. The van der Waals surface area contributed by atoms with Crippen LogP contribution in [-0.4, -0.2) is 132 Å². The van der Waals surface area contributed by atoms with Gasteiger partial charge in [0.1, 0.15) is 0 Å². The Morgan fingerprint density at radius 1 is 0.600 bits per heavy atom. The molecule has 19 nitrogen and oxygen atoms in total. The van der Waals surface area contributed by atoms with Crippen molar-refractivity contribution in [3.05, 3.63) is 115 Å². The number of carboxylic acids is 2. The summed E-state index contributed by atoms with van der Waals surface area (Å²) < 4.78 is 31.8. The van der Waals surface area contributed by atoms with Crippen LogP contribution in [0.25, 0.3) is 0 Å². The molecule has 21 heteroatoms. The smallest absolute Gasteiger partial charge is 0.336 e. The fraction of sp³-hybridized carbons (Fsp3) is 0.409. The number of hydrogen-bond acceptors (Lipinski definition) is 16. The number of carbonyl (C=O) groups is 6. The van der Waals surface area contributed by atoms with Gasteiger partial charge in [-0.3, -0.25) is 9.59 Å². The monoisotopic (exact) mass is 950 g/mol. The summed E-state index contributed by atoms with van der Waals surface area (Å²) in [4.78, 5) is 72.5. The van der Waals surface area contributed by atoms with Gasteiger partial charge in [-0.1, -0.05) is 59.6 Å². The molecule has 0 radical (unpaired) electrons. The van der Waals surface area contributed by atoms with E-state index in [1.807, 2.05) is 0 Å². The fourth-order valence-corrected chi connectivity index (χ4v) is 7.24. The summed E-state index contributed by atoms with van der Waals surface area (Å²) in [6.07, 6.45) is 0. The molecule has 2 aromatic carbocycles. The van der Waals surface area contributed by atoms with Crippen molar-refractivity contribution in [3.8, 4) is 0 Å². The average Bonchev–Trinajstić information content (AvgIpc) is 3.25. The maximum Gasteiger partial charge on any atom is 0.336 e. The first-order chi connectivity index (χ1) is 30.6. The highest BCUT2D eigenvalue weighted by atomic mass is 35.5. The molecule has 65 heavy (non-hydrogen) atoms. The molecule has 2 aromatic rings. The number of carboxylic acid groups (broad SMARTS) is 2. The fourth-order valence-electron chi connectivity index (χ4n) is 6.75. The first kappa shape index (κ1) is 55.3. The Kier molecular flexibility index (Phi) is 24.0. The van der Waals surface area contributed by atoms with Gasteiger partial charge in [0.15, 0.2) is 0 Å². The molecule has 2 aliphatic heterocycles. The highest BCUT2D eigenvalue weighted by molar-refractivity contribution is 6.32. The number of allylic oxidation sites excluding steroid dienone is 2. The van der Waals surface area contributed by atoms with E-state index in [9.17, 15) is 28.8 Å². The van der Waals surface area contributed by atoms with Crippen LogP contribution in [0, 0.1) is 0 Å². The molecule has 0 saturated heterocycles. The van der Waals surface area contributed by atoms with Gasteiger partial charge in [0.2, 0.25) is 0 Å². The number of halogens is 2. The number of aliphatic carboxylic acids is 2. The predicted molar refractivity (Wildman–Crippen MR) is 238 cm³/mol. The standard InChI is InChI=1S/2C22H27ClN2O7.H2O/c2*1-4-32-22(29)20-16(12-31-10-9-24-11-17(26)27)25-13(2)18(21(28)30-3)19(20)14-7-5-6-8-15(14)23;/h2*5-8,19,24-25H,4,9-12H2,1-3H3,(H,26,27);1H2. The van der Waals surface area contributed by atoms with E-state index in [1.165, 1.54) is 14.2 Å². The van der Waals surface area contributed by atoms with Crippen LogP contribution in [0.5, 0.6) is 0 Å². The summed E-state index contributed by atoms with van der Waals surface area (Å²) in [7, 11) is 2.53. The van der Waals surface area contributed by atoms with Crippen molar-refractivity contribution >= 4 is 59.0 Å². The van der Waals surface area contributed by atoms with E-state index in [0.29, 0.717) is 57.0 Å². The molecule has 0 saturated carbocycles. The van der Waals surface area contributed by atoms with Gasteiger partial charge in [-0.2, -0.15) is 0 Å². The maximum absolute atomic E-state index is 13.0. The Bertz CT molecular complexity index is 2000. The average molecular weight is 952 g/mol. The minimum absolute atomic E-state index is 0. The van der Waals surface area contributed by atoms with Crippen LogP contribution in [0.15, 0.2) is 93.6 Å². The first-order valence-electron chi connectivity index (χ1n) is 20.0. The Labute approximate surface area is 386 Å². The minimum atomic E-state index is -0.968. The zero-order valence-corrected chi connectivity index (χ0v) is 38.4. The number of dihydropyridines is 2. The summed E-state index contributed by atoms with van der Waals surface area (Å²) in [6, 6.07) is 13.9. The molecule has 2 atom stereocenters. The number of methoxy groups -OCH3 is 2. The third-order valence-electron chi connectivity index (χ3n) is 9.42. The molecule has 0 spiro atoms. The number of benzene rings is 2. The van der Waals surface area contributed by atoms with E-state index < -0.39 is 47.7 Å². The van der Waals surface area contributed by atoms with Crippen LogP contribution in [0.4, 0.5) is 0 Å². The largest absolute Gasteiger partial charge is 0.480 e. The lowest BCUT2D eigenvalue weighted by Crippen LogP contribution is -2.35. The number of hydrogen-bond donors (Lipinski definition) is 6. The van der Waals surface area contributed by atoms with Gasteiger partial charge in [-0.15, -0.1) is 0 Å². The van der Waals surface area contributed by atoms with Crippen molar-refractivity contribution < 1.29 is 72.9 Å². The highest BCUT2D eigenvalue weighted by Gasteiger charge is 2.41. The van der Waals surface area contributed by atoms with E-state index in [4.69, 9.17) is 61.8 Å². The predicted octanol–water partition coefficient (Wildman–Crippen LogP) is 3.14. The van der Waals surface area contributed by atoms with Gasteiger partial charge in [0.25, 0.3) is 0 Å². The molecule has 0 aliphatic carbocycles. The number of rotatable bonds is 22. The zero-order valence-electron chi connectivity index (χ0n) is 36.9. The van der Waals surface area contributed by atoms with Crippen molar-refractivity contribution in [2.75, 3.05) is 80.0 Å². The Morgan fingerprint density at radius 2 is 0.954 bits per heavy atom. The summed E-state index contributed by atoms with van der Waals surface area (Å²) in [5, 5.41) is 29.7. The van der Waals surface area contributed by atoms with Gasteiger partial charge in [0.05, 0.1) is 112 Å². The highest BCUT2D eigenvalue weighted by Crippen LogP contribution is 2.43. The quantitative estimate of drug-likeness (QED) is 0.0562. The lowest BCUT2D eigenvalue weighted by molar-refractivity contribution is -0.140. The molecule has 0 amide bonds. The van der Waals surface area contributed by atoms with E-state index in [0.717, 1.165) is 0 Å². The van der Waals surface area contributed by atoms with Gasteiger partial charge in [0, 0.05) is 34.5 Å². The lowest BCUT2D eigenvalue weighted by atomic mass is 9.80. The SMILES string of the molecule is CCOC(=O)C1=C(COCCNCC(=O)O)NC(C)=C(C(=O)OC)C1c1ccccc1Cl.CCOC(=O)C1=C(COCCNCC(=O)O)NC(C)=C(C(=O)OC)C1c1ccccc1Cl.O. The van der Waals surface area contributed by atoms with Crippen molar-refractivity contribution in [3.63, 3.8) is 0 Å².